The van der Waals surface area contributed by atoms with E-state index in [1.807, 2.05) is 32.8 Å². The molecule has 0 unspecified atom stereocenters. The third kappa shape index (κ3) is 6.21. The van der Waals surface area contributed by atoms with Crippen LogP contribution in [0.2, 0.25) is 0 Å². The average Bonchev–Trinajstić information content (AvgIpc) is 2.36. The fourth-order valence-corrected chi connectivity index (χ4v) is 3.37. The predicted molar refractivity (Wildman–Crippen MR) is 79.8 cm³/mol. The van der Waals surface area contributed by atoms with Crippen LogP contribution >= 0.6 is 0 Å². The number of rotatable bonds is 7. The summed E-state index contributed by atoms with van der Waals surface area (Å²) in [5.74, 6) is 0.806. The molecule has 1 fully saturated rings. The summed E-state index contributed by atoms with van der Waals surface area (Å²) in [6.07, 6.45) is 2.97. The van der Waals surface area contributed by atoms with Gasteiger partial charge in [-0.15, -0.1) is 0 Å². The van der Waals surface area contributed by atoms with Gasteiger partial charge < -0.3 is 10.2 Å². The summed E-state index contributed by atoms with van der Waals surface area (Å²) in [5, 5.41) is 3.30. The maximum absolute atomic E-state index is 12.0. The standard InChI is InChI=1S/C13H29N3O2S/c1-13(2,16(3)4)11-15-19(17,18)10-7-12-5-8-14-9-6-12/h12,14-15H,5-11H2,1-4H3. The highest BCUT2D eigenvalue weighted by Crippen LogP contribution is 2.16. The Labute approximate surface area is 118 Å². The van der Waals surface area contributed by atoms with Crippen LogP contribution in [0.25, 0.3) is 0 Å². The summed E-state index contributed by atoms with van der Waals surface area (Å²) in [5.41, 5.74) is -0.165. The molecule has 5 nitrogen and oxygen atoms in total. The van der Waals surface area contributed by atoms with Gasteiger partial charge in [-0.05, 0) is 66.2 Å². The van der Waals surface area contributed by atoms with E-state index in [0.717, 1.165) is 32.4 Å². The van der Waals surface area contributed by atoms with Crippen molar-refractivity contribution in [2.45, 2.75) is 38.6 Å². The van der Waals surface area contributed by atoms with Gasteiger partial charge in [0.25, 0.3) is 0 Å². The van der Waals surface area contributed by atoms with Gasteiger partial charge in [0.15, 0.2) is 0 Å². The molecule has 0 spiro atoms. The topological polar surface area (TPSA) is 61.4 Å². The summed E-state index contributed by atoms with van der Waals surface area (Å²) in [6.45, 7) is 6.55. The Hall–Kier alpha value is -0.170. The van der Waals surface area contributed by atoms with Crippen molar-refractivity contribution in [3.05, 3.63) is 0 Å². The summed E-state index contributed by atoms with van der Waals surface area (Å²) in [4.78, 5) is 2.03. The van der Waals surface area contributed by atoms with Crippen molar-refractivity contribution >= 4 is 10.0 Å². The van der Waals surface area contributed by atoms with E-state index in [0.29, 0.717) is 12.5 Å². The molecule has 1 aliphatic rings. The second-order valence-electron chi connectivity index (χ2n) is 6.33. The fourth-order valence-electron chi connectivity index (χ4n) is 2.01. The zero-order valence-corrected chi connectivity index (χ0v) is 13.5. The molecule has 0 bridgehead atoms. The Kier molecular flexibility index (Phi) is 6.23. The maximum Gasteiger partial charge on any atom is 0.211 e. The summed E-state index contributed by atoms with van der Waals surface area (Å²) >= 11 is 0. The molecule has 0 amide bonds. The molecule has 1 aliphatic heterocycles. The highest BCUT2D eigenvalue weighted by molar-refractivity contribution is 7.89. The molecule has 0 aromatic rings. The van der Waals surface area contributed by atoms with Crippen LogP contribution in [0.3, 0.4) is 0 Å². The van der Waals surface area contributed by atoms with Crippen molar-refractivity contribution < 1.29 is 8.42 Å². The van der Waals surface area contributed by atoms with Crippen LogP contribution in [0.15, 0.2) is 0 Å². The summed E-state index contributed by atoms with van der Waals surface area (Å²) < 4.78 is 26.7. The minimum atomic E-state index is -3.14. The first-order chi connectivity index (χ1) is 8.73. The number of hydrogen-bond donors (Lipinski definition) is 2. The van der Waals surface area contributed by atoms with E-state index >= 15 is 0 Å². The van der Waals surface area contributed by atoms with E-state index in [1.54, 1.807) is 0 Å². The zero-order valence-electron chi connectivity index (χ0n) is 12.7. The Morgan fingerprint density at radius 3 is 2.37 bits per heavy atom. The molecule has 0 aromatic heterocycles. The number of piperidine rings is 1. The van der Waals surface area contributed by atoms with Gasteiger partial charge in [0.1, 0.15) is 0 Å². The number of sulfonamides is 1. The van der Waals surface area contributed by atoms with Gasteiger partial charge in [-0.1, -0.05) is 0 Å². The number of hydrogen-bond acceptors (Lipinski definition) is 4. The SMILES string of the molecule is CN(C)C(C)(C)CNS(=O)(=O)CCC1CCNCC1. The van der Waals surface area contributed by atoms with Gasteiger partial charge >= 0.3 is 0 Å². The van der Waals surface area contributed by atoms with E-state index in [-0.39, 0.29) is 11.3 Å². The molecule has 2 N–H and O–H groups in total. The van der Waals surface area contributed by atoms with Crippen molar-refractivity contribution in [3.63, 3.8) is 0 Å². The van der Waals surface area contributed by atoms with Gasteiger partial charge in [-0.25, -0.2) is 13.1 Å². The lowest BCUT2D eigenvalue weighted by Crippen LogP contribution is -2.48. The molecule has 0 radical (unpaired) electrons. The van der Waals surface area contributed by atoms with Gasteiger partial charge in [-0.2, -0.15) is 0 Å². The first kappa shape index (κ1) is 16.9. The van der Waals surface area contributed by atoms with Crippen molar-refractivity contribution in [3.8, 4) is 0 Å². The second-order valence-corrected chi connectivity index (χ2v) is 8.26. The largest absolute Gasteiger partial charge is 0.317 e. The molecule has 0 atom stereocenters. The summed E-state index contributed by atoms with van der Waals surface area (Å²) in [7, 11) is 0.779. The Bertz CT molecular complexity index is 360. The van der Waals surface area contributed by atoms with Crippen molar-refractivity contribution in [1.82, 2.24) is 14.9 Å². The lowest BCUT2D eigenvalue weighted by atomic mass is 9.96. The molecule has 0 aromatic carbocycles. The normalized spacial score (nSPS) is 19.0. The minimum absolute atomic E-state index is 0.165. The van der Waals surface area contributed by atoms with Crippen LogP contribution in [0.1, 0.15) is 33.1 Å². The molecule has 1 saturated heterocycles. The average molecular weight is 291 g/mol. The minimum Gasteiger partial charge on any atom is -0.317 e. The van der Waals surface area contributed by atoms with Crippen LogP contribution in [0.4, 0.5) is 0 Å². The first-order valence-electron chi connectivity index (χ1n) is 7.08. The van der Waals surface area contributed by atoms with Crippen LogP contribution in [-0.4, -0.2) is 58.3 Å². The Balaban J connectivity index is 2.35. The molecular weight excluding hydrogens is 262 g/mol. The van der Waals surface area contributed by atoms with Crippen LogP contribution < -0.4 is 10.0 Å². The summed E-state index contributed by atoms with van der Waals surface area (Å²) in [6, 6.07) is 0. The fraction of sp³-hybridized carbons (Fsp3) is 1.00. The Morgan fingerprint density at radius 1 is 1.26 bits per heavy atom. The highest BCUT2D eigenvalue weighted by atomic mass is 32.2. The Morgan fingerprint density at radius 2 is 1.84 bits per heavy atom. The number of likely N-dealkylation sites (N-methyl/N-ethyl adjacent to an activating group) is 1. The van der Waals surface area contributed by atoms with Gasteiger partial charge in [0.05, 0.1) is 5.75 Å². The monoisotopic (exact) mass is 291 g/mol. The van der Waals surface area contributed by atoms with Crippen LogP contribution in [0.5, 0.6) is 0 Å². The van der Waals surface area contributed by atoms with Gasteiger partial charge in [0, 0.05) is 12.1 Å². The maximum atomic E-state index is 12.0. The third-order valence-corrected chi connectivity index (χ3v) is 5.55. The van der Waals surface area contributed by atoms with Crippen molar-refractivity contribution in [1.29, 1.82) is 0 Å². The van der Waals surface area contributed by atoms with E-state index in [2.05, 4.69) is 10.0 Å². The van der Waals surface area contributed by atoms with Gasteiger partial charge in [-0.3, -0.25) is 0 Å². The van der Waals surface area contributed by atoms with Crippen molar-refractivity contribution in [2.24, 2.45) is 5.92 Å². The third-order valence-electron chi connectivity index (χ3n) is 4.19. The first-order valence-corrected chi connectivity index (χ1v) is 8.74. The molecule has 6 heteroatoms. The lowest BCUT2D eigenvalue weighted by molar-refractivity contribution is 0.198. The number of nitrogens with zero attached hydrogens (tertiary/aromatic N) is 1. The molecule has 19 heavy (non-hydrogen) atoms. The molecule has 0 saturated carbocycles. The second kappa shape index (κ2) is 7.02. The van der Waals surface area contributed by atoms with E-state index in [1.165, 1.54) is 0 Å². The van der Waals surface area contributed by atoms with Crippen LogP contribution in [-0.2, 0) is 10.0 Å². The predicted octanol–water partition coefficient (Wildman–Crippen LogP) is 0.636. The molecule has 1 heterocycles. The lowest BCUT2D eigenvalue weighted by Gasteiger charge is -2.32. The zero-order chi connectivity index (χ0) is 14.5. The molecule has 1 rings (SSSR count). The molecule has 0 aliphatic carbocycles. The van der Waals surface area contributed by atoms with E-state index in [9.17, 15) is 8.42 Å². The molecular formula is C13H29N3O2S. The van der Waals surface area contributed by atoms with Gasteiger partial charge in [0.2, 0.25) is 10.0 Å². The van der Waals surface area contributed by atoms with E-state index < -0.39 is 10.0 Å². The number of nitrogens with one attached hydrogen (secondary N) is 2. The molecule has 114 valence electrons. The smallest absolute Gasteiger partial charge is 0.211 e. The quantitative estimate of drug-likeness (QED) is 0.722. The van der Waals surface area contributed by atoms with Crippen LogP contribution in [0, 0.1) is 5.92 Å². The van der Waals surface area contributed by atoms with E-state index in [4.69, 9.17) is 0 Å². The van der Waals surface area contributed by atoms with Crippen molar-refractivity contribution in [2.75, 3.05) is 39.5 Å². The highest BCUT2D eigenvalue weighted by Gasteiger charge is 2.24.